The Balaban J connectivity index is 1.52. The number of amides is 1. The largest absolute Gasteiger partial charge is 0.497 e. The first kappa shape index (κ1) is 23.3. The number of nitrogens with one attached hydrogen (secondary N) is 1. The molecular weight excluding hydrogens is 420 g/mol. The lowest BCUT2D eigenvalue weighted by atomic mass is 10.1. The molecule has 0 radical (unpaired) electrons. The van der Waals surface area contributed by atoms with Crippen LogP contribution in [-0.4, -0.2) is 31.8 Å². The van der Waals surface area contributed by atoms with E-state index < -0.39 is 11.9 Å². The summed E-state index contributed by atoms with van der Waals surface area (Å²) in [4.78, 5) is 24.4. The van der Waals surface area contributed by atoms with E-state index in [9.17, 15) is 9.59 Å². The molecule has 1 amide bonds. The molecule has 33 heavy (non-hydrogen) atoms. The van der Waals surface area contributed by atoms with Crippen LogP contribution in [0.15, 0.2) is 90.6 Å². The molecule has 0 aromatic heterocycles. The Labute approximate surface area is 192 Å². The van der Waals surface area contributed by atoms with Crippen LogP contribution in [0.5, 0.6) is 17.2 Å². The van der Waals surface area contributed by atoms with E-state index in [-0.39, 0.29) is 6.61 Å². The zero-order chi connectivity index (χ0) is 23.5. The van der Waals surface area contributed by atoms with Gasteiger partial charge in [-0.05, 0) is 60.0 Å². The summed E-state index contributed by atoms with van der Waals surface area (Å²) in [5.74, 6) is 0.741. The number of methoxy groups -OCH3 is 1. The van der Waals surface area contributed by atoms with Gasteiger partial charge in [0.15, 0.2) is 6.61 Å². The van der Waals surface area contributed by atoms with Gasteiger partial charge in [-0.25, -0.2) is 10.2 Å². The van der Waals surface area contributed by atoms with Crippen LogP contribution in [0, 0.1) is 0 Å². The number of hydrazone groups is 1. The summed E-state index contributed by atoms with van der Waals surface area (Å²) in [6.07, 6.45) is 3.87. The molecule has 0 aliphatic rings. The molecule has 0 bridgehead atoms. The van der Waals surface area contributed by atoms with E-state index in [1.807, 2.05) is 18.2 Å². The SMILES string of the molecule is C=CCc1ccccc1OCC(=O)N/N=C\c1cccc(OC(=O)c2ccc(OC)cc2)c1. The lowest BCUT2D eigenvalue weighted by Crippen LogP contribution is -2.24. The second-order valence-corrected chi connectivity index (χ2v) is 6.87. The monoisotopic (exact) mass is 444 g/mol. The van der Waals surface area contributed by atoms with Crippen molar-refractivity contribution in [2.24, 2.45) is 5.10 Å². The number of rotatable bonds is 10. The Kier molecular flexibility index (Phi) is 8.36. The van der Waals surface area contributed by atoms with Crippen molar-refractivity contribution in [3.05, 3.63) is 102 Å². The Bertz CT molecular complexity index is 1140. The fraction of sp³-hybridized carbons (Fsp3) is 0.115. The third kappa shape index (κ3) is 7.07. The quantitative estimate of drug-likeness (QED) is 0.167. The summed E-state index contributed by atoms with van der Waals surface area (Å²) in [5.41, 5.74) is 4.41. The predicted molar refractivity (Wildman–Crippen MR) is 126 cm³/mol. The van der Waals surface area contributed by atoms with E-state index in [0.29, 0.717) is 34.8 Å². The average molecular weight is 444 g/mol. The fourth-order valence-corrected chi connectivity index (χ4v) is 2.87. The summed E-state index contributed by atoms with van der Waals surface area (Å²) in [7, 11) is 1.55. The van der Waals surface area contributed by atoms with Crippen molar-refractivity contribution in [3.63, 3.8) is 0 Å². The van der Waals surface area contributed by atoms with E-state index in [2.05, 4.69) is 17.1 Å². The van der Waals surface area contributed by atoms with Crippen LogP contribution < -0.4 is 19.6 Å². The van der Waals surface area contributed by atoms with Crippen molar-refractivity contribution in [3.8, 4) is 17.2 Å². The Hall–Kier alpha value is -4.39. The predicted octanol–water partition coefficient (Wildman–Crippen LogP) is 4.17. The van der Waals surface area contributed by atoms with E-state index in [4.69, 9.17) is 14.2 Å². The number of benzene rings is 3. The number of allylic oxidation sites excluding steroid dienone is 1. The van der Waals surface area contributed by atoms with Gasteiger partial charge in [0.2, 0.25) is 0 Å². The zero-order valence-electron chi connectivity index (χ0n) is 18.2. The lowest BCUT2D eigenvalue weighted by Gasteiger charge is -2.09. The smallest absolute Gasteiger partial charge is 0.343 e. The maximum absolute atomic E-state index is 12.3. The van der Waals surface area contributed by atoms with E-state index in [1.165, 1.54) is 6.21 Å². The van der Waals surface area contributed by atoms with Gasteiger partial charge in [0.25, 0.3) is 5.91 Å². The summed E-state index contributed by atoms with van der Waals surface area (Å²) in [5, 5.41) is 3.94. The molecule has 1 N–H and O–H groups in total. The van der Waals surface area contributed by atoms with Crippen LogP contribution in [0.2, 0.25) is 0 Å². The average Bonchev–Trinajstić information content (AvgIpc) is 2.84. The molecule has 0 saturated carbocycles. The molecule has 0 aliphatic heterocycles. The molecule has 7 heteroatoms. The second kappa shape index (κ2) is 11.9. The summed E-state index contributed by atoms with van der Waals surface area (Å²) in [6.45, 7) is 3.54. The van der Waals surface area contributed by atoms with Gasteiger partial charge in [0.05, 0.1) is 18.9 Å². The normalized spacial score (nSPS) is 10.5. The number of carbonyl (C=O) groups excluding carboxylic acids is 2. The highest BCUT2D eigenvalue weighted by molar-refractivity contribution is 5.91. The molecular formula is C26H24N2O5. The number of hydrogen-bond acceptors (Lipinski definition) is 6. The van der Waals surface area contributed by atoms with Gasteiger partial charge in [-0.1, -0.05) is 36.4 Å². The first-order valence-corrected chi connectivity index (χ1v) is 10.2. The number of nitrogens with zero attached hydrogens (tertiary/aromatic N) is 1. The number of hydrogen-bond donors (Lipinski definition) is 1. The Morgan fingerprint density at radius 3 is 2.55 bits per heavy atom. The summed E-state index contributed by atoms with van der Waals surface area (Å²) in [6, 6.07) is 20.9. The van der Waals surface area contributed by atoms with E-state index >= 15 is 0 Å². The minimum absolute atomic E-state index is 0.176. The van der Waals surface area contributed by atoms with Crippen LogP contribution >= 0.6 is 0 Å². The van der Waals surface area contributed by atoms with Gasteiger partial charge < -0.3 is 14.2 Å². The topological polar surface area (TPSA) is 86.2 Å². The van der Waals surface area contributed by atoms with Gasteiger partial charge >= 0.3 is 5.97 Å². The summed E-state index contributed by atoms with van der Waals surface area (Å²) < 4.78 is 16.1. The standard InChI is InChI=1S/C26H24N2O5/c1-3-7-20-9-4-5-11-24(20)32-18-25(29)28-27-17-19-8-6-10-23(16-19)33-26(30)21-12-14-22(31-2)15-13-21/h3-6,8-17H,1,7,18H2,2H3,(H,28,29)/b27-17-. The molecule has 0 atom stereocenters. The highest BCUT2D eigenvalue weighted by Crippen LogP contribution is 2.19. The van der Waals surface area contributed by atoms with Gasteiger partial charge in [0.1, 0.15) is 17.2 Å². The molecule has 0 heterocycles. The fourth-order valence-electron chi connectivity index (χ4n) is 2.87. The second-order valence-electron chi connectivity index (χ2n) is 6.87. The highest BCUT2D eigenvalue weighted by atomic mass is 16.5. The molecule has 168 valence electrons. The van der Waals surface area contributed by atoms with E-state index in [1.54, 1.807) is 67.8 Å². The molecule has 0 spiro atoms. The van der Waals surface area contributed by atoms with E-state index in [0.717, 1.165) is 5.56 Å². The van der Waals surface area contributed by atoms with Crippen molar-refractivity contribution >= 4 is 18.1 Å². The van der Waals surface area contributed by atoms with Crippen molar-refractivity contribution in [1.82, 2.24) is 5.43 Å². The number of carbonyl (C=O) groups is 2. The molecule has 0 unspecified atom stereocenters. The van der Waals surface area contributed by atoms with Gasteiger partial charge in [0, 0.05) is 0 Å². The first-order chi connectivity index (χ1) is 16.1. The van der Waals surface area contributed by atoms with Gasteiger partial charge in [-0.2, -0.15) is 5.10 Å². The zero-order valence-corrected chi connectivity index (χ0v) is 18.2. The number of ether oxygens (including phenoxy) is 3. The minimum atomic E-state index is -0.492. The van der Waals surface area contributed by atoms with Crippen LogP contribution in [-0.2, 0) is 11.2 Å². The van der Waals surface area contributed by atoms with Crippen molar-refractivity contribution in [2.75, 3.05) is 13.7 Å². The van der Waals surface area contributed by atoms with Crippen LogP contribution in [0.4, 0.5) is 0 Å². The molecule has 7 nitrogen and oxygen atoms in total. The van der Waals surface area contributed by atoms with Crippen molar-refractivity contribution in [1.29, 1.82) is 0 Å². The number of esters is 1. The molecule has 3 aromatic carbocycles. The van der Waals surface area contributed by atoms with Crippen molar-refractivity contribution in [2.45, 2.75) is 6.42 Å². The molecule has 0 aliphatic carbocycles. The first-order valence-electron chi connectivity index (χ1n) is 10.2. The third-order valence-electron chi connectivity index (χ3n) is 4.49. The van der Waals surface area contributed by atoms with Crippen LogP contribution in [0.1, 0.15) is 21.5 Å². The molecule has 3 aromatic rings. The lowest BCUT2D eigenvalue weighted by molar-refractivity contribution is -0.123. The Morgan fingerprint density at radius 1 is 1.00 bits per heavy atom. The number of para-hydroxylation sites is 1. The van der Waals surface area contributed by atoms with Gasteiger partial charge in [-0.15, -0.1) is 6.58 Å². The maximum atomic E-state index is 12.3. The third-order valence-corrected chi connectivity index (χ3v) is 4.49. The molecule has 0 fully saturated rings. The molecule has 3 rings (SSSR count). The van der Waals surface area contributed by atoms with Gasteiger partial charge in [-0.3, -0.25) is 4.79 Å². The summed E-state index contributed by atoms with van der Waals surface area (Å²) >= 11 is 0. The molecule has 0 saturated heterocycles. The maximum Gasteiger partial charge on any atom is 0.343 e. The minimum Gasteiger partial charge on any atom is -0.497 e. The van der Waals surface area contributed by atoms with Crippen LogP contribution in [0.25, 0.3) is 0 Å². The Morgan fingerprint density at radius 2 is 1.79 bits per heavy atom. The van der Waals surface area contributed by atoms with Crippen LogP contribution in [0.3, 0.4) is 0 Å². The highest BCUT2D eigenvalue weighted by Gasteiger charge is 2.09. The van der Waals surface area contributed by atoms with Crippen molar-refractivity contribution < 1.29 is 23.8 Å².